The van der Waals surface area contributed by atoms with E-state index in [1.807, 2.05) is 69.2 Å². The molecular weight excluding hydrogens is 1380 g/mol. The van der Waals surface area contributed by atoms with Gasteiger partial charge in [0.05, 0.1) is 13.2 Å². The van der Waals surface area contributed by atoms with Crippen LogP contribution in [-0.2, 0) is 67.0 Å². The molecule has 0 bridgehead atoms. The zero-order valence-corrected chi connectivity index (χ0v) is 70.8. The van der Waals surface area contributed by atoms with Crippen LogP contribution >= 0.6 is 11.8 Å². The second-order valence-corrected chi connectivity index (χ2v) is 35.0. The van der Waals surface area contributed by atoms with E-state index in [9.17, 15) is 33.9 Å². The Labute approximate surface area is 639 Å². The summed E-state index contributed by atoms with van der Waals surface area (Å²) in [6, 6.07) is -14.4. The lowest BCUT2D eigenvalue weighted by molar-refractivity contribution is -0.157. The molecule has 0 unspecified atom stereocenters. The molecule has 28 nitrogen and oxygen atoms in total. The zero-order chi connectivity index (χ0) is 82.1. The molecule has 0 spiro atoms. The topological polar surface area (TPSA) is 343 Å². The summed E-state index contributed by atoms with van der Waals surface area (Å²) in [4.78, 5) is 199. The fourth-order valence-electron chi connectivity index (χ4n) is 13.0. The number of amides is 12. The highest BCUT2D eigenvalue weighted by molar-refractivity contribution is 8.00. The maximum absolute atomic E-state index is 15.6. The van der Waals surface area contributed by atoms with Gasteiger partial charge in [-0.05, 0) is 127 Å². The quantitative estimate of drug-likeness (QED) is 0.0392. The summed E-state index contributed by atoms with van der Waals surface area (Å²) in [6.45, 7) is 37.4. The molecule has 0 aromatic heterocycles. The number of nitrogens with one attached hydrogen (secondary N) is 5. The molecule has 1 saturated heterocycles. The van der Waals surface area contributed by atoms with Crippen LogP contribution in [-0.4, -0.2) is 268 Å². The lowest BCUT2D eigenvalue weighted by Crippen LogP contribution is -2.64. The van der Waals surface area contributed by atoms with E-state index in [1.165, 1.54) is 111 Å². The van der Waals surface area contributed by atoms with E-state index in [1.54, 1.807) is 62.3 Å². The van der Waals surface area contributed by atoms with Gasteiger partial charge in [-0.1, -0.05) is 130 Å². The average molecular weight is 1520 g/mol. The number of aliphatic hydroxyl groups excluding tert-OH is 1. The van der Waals surface area contributed by atoms with Crippen LogP contribution in [0.2, 0.25) is 0 Å². The molecule has 0 aromatic carbocycles. The largest absolute Gasteiger partial charge is 0.469 e. The number of aliphatic hydroxyl groups is 1. The second-order valence-electron chi connectivity index (χ2n) is 33.3. The van der Waals surface area contributed by atoms with Crippen LogP contribution in [0.15, 0.2) is 0 Å². The van der Waals surface area contributed by atoms with Gasteiger partial charge in [-0.2, -0.15) is 11.8 Å². The van der Waals surface area contributed by atoms with Crippen molar-refractivity contribution in [3.05, 3.63) is 0 Å². The van der Waals surface area contributed by atoms with Gasteiger partial charge in [0.1, 0.15) is 72.1 Å². The first kappa shape index (κ1) is 97.2. The molecule has 12 amide bonds. The van der Waals surface area contributed by atoms with Crippen LogP contribution in [0.4, 0.5) is 4.79 Å². The number of ether oxygens (including phenoxy) is 2. The zero-order valence-electron chi connectivity index (χ0n) is 70.0. The standard InChI is InChI=1S/C77H140N12O16S/c1-30-53-69(97)87(26)58(43-106-77(20,21)37-36-59(90)104-29)72(100)83(22)55(40-45(4)5)66(94)82-60(48(10)11)73(101)84(23)54(39-44(2)3)65(93)79-51(15)64(92)80-52(16)68(96)85(24)56(41-46(6)7)70(98)86(25)57(42-47(8)9)71(99)88(27)61(49(12)13)74(102)89(28)62(67(95)81-53)63(91)50(14)35-33-31-32-34-38-78-75(103)105-76(17,18)19/h44-58,60-63,91H,30-43H2,1-29H3,(H,78,103)(H,79,93)(H,80,92)(H,81,95)(H,82,94)/t50-,51+,52-,53+,54+,55+,56+,57+,58-,60+,61+,62+,63-/m1/s1. The number of thioether (sulfide) groups is 1. The molecule has 1 aliphatic rings. The van der Waals surface area contributed by atoms with E-state index in [-0.39, 0.29) is 67.9 Å². The number of unbranched alkanes of at least 4 members (excludes halogenated alkanes) is 3. The van der Waals surface area contributed by atoms with Gasteiger partial charge < -0.3 is 75.5 Å². The SMILES string of the molecule is CC[C@@H]1NC(=O)[C@H]([C@H](O)[C@H](C)CCCCCCNC(=O)OC(C)(C)C)N(C)C(=O)[C@H](C(C)C)N(C)C(=O)[C@H](CC(C)C)N(C)C(=O)[C@H](CC(C)C)N(C)C(=O)[C@@H](C)NC(=O)[C@H](C)NC(=O)[C@H](CC(C)C)N(C)C(=O)[C@H](C(C)C)NC(=O)[C@H](CC(C)C)N(C)C(=O)[C@@H](CSC(C)(C)CCC(=O)OC)N(C)C1=O. The van der Waals surface area contributed by atoms with E-state index in [0.717, 1.165) is 4.90 Å². The van der Waals surface area contributed by atoms with Crippen molar-refractivity contribution < 1.29 is 76.9 Å². The van der Waals surface area contributed by atoms with Gasteiger partial charge in [-0.3, -0.25) is 57.5 Å². The number of hydrogen-bond acceptors (Lipinski definition) is 17. The van der Waals surface area contributed by atoms with Crippen molar-refractivity contribution in [1.29, 1.82) is 0 Å². The van der Waals surface area contributed by atoms with Crippen LogP contribution in [0.1, 0.15) is 222 Å². The Bertz CT molecular complexity index is 2920. The summed E-state index contributed by atoms with van der Waals surface area (Å²) in [5.41, 5.74) is -0.669. The predicted molar refractivity (Wildman–Crippen MR) is 413 cm³/mol. The summed E-state index contributed by atoms with van der Waals surface area (Å²) in [6.07, 6.45) is 1.50. The van der Waals surface area contributed by atoms with Crippen molar-refractivity contribution >= 4 is 88.8 Å². The monoisotopic (exact) mass is 1520 g/mol. The van der Waals surface area contributed by atoms with Gasteiger partial charge in [-0.25, -0.2) is 4.79 Å². The minimum absolute atomic E-state index is 0.0348. The summed E-state index contributed by atoms with van der Waals surface area (Å²) < 4.78 is 9.60. The third-order valence-electron chi connectivity index (χ3n) is 19.7. The van der Waals surface area contributed by atoms with Crippen molar-refractivity contribution in [1.82, 2.24) is 60.9 Å². The Hall–Kier alpha value is -6.78. The summed E-state index contributed by atoms with van der Waals surface area (Å²) in [7, 11) is 11.2. The van der Waals surface area contributed by atoms with Gasteiger partial charge in [-0.15, -0.1) is 0 Å². The van der Waals surface area contributed by atoms with Gasteiger partial charge >= 0.3 is 12.1 Å². The van der Waals surface area contributed by atoms with Crippen LogP contribution in [0.5, 0.6) is 0 Å². The number of methoxy groups -OCH3 is 1. The van der Waals surface area contributed by atoms with E-state index >= 15 is 33.6 Å². The van der Waals surface area contributed by atoms with E-state index < -0.39 is 178 Å². The number of alkyl carbamates (subject to hydrolysis) is 1. The first-order chi connectivity index (χ1) is 48.8. The summed E-state index contributed by atoms with van der Waals surface area (Å²) >= 11 is 1.29. The lowest BCUT2D eigenvalue weighted by Gasteiger charge is -2.42. The van der Waals surface area contributed by atoms with Crippen LogP contribution < -0.4 is 26.6 Å². The van der Waals surface area contributed by atoms with Gasteiger partial charge in [0, 0.05) is 72.8 Å². The molecule has 0 aromatic rings. The molecule has 29 heteroatoms. The Kier molecular flexibility index (Phi) is 40.9. The van der Waals surface area contributed by atoms with Crippen molar-refractivity contribution in [2.45, 2.75) is 305 Å². The number of likely N-dealkylation sites (N-methyl/N-ethyl adjacent to an activating group) is 7. The highest BCUT2D eigenvalue weighted by Crippen LogP contribution is 2.33. The van der Waals surface area contributed by atoms with Crippen molar-refractivity contribution in [3.63, 3.8) is 0 Å². The number of carbonyl (C=O) groups is 13. The van der Waals surface area contributed by atoms with Crippen molar-refractivity contribution in [2.24, 2.45) is 41.4 Å². The van der Waals surface area contributed by atoms with E-state index in [0.29, 0.717) is 45.1 Å². The van der Waals surface area contributed by atoms with Crippen LogP contribution in [0.3, 0.4) is 0 Å². The first-order valence-corrected chi connectivity index (χ1v) is 39.2. The smallest absolute Gasteiger partial charge is 0.407 e. The Morgan fingerprint density at radius 1 is 0.491 bits per heavy atom. The highest BCUT2D eigenvalue weighted by atomic mass is 32.2. The van der Waals surface area contributed by atoms with Gasteiger partial charge in [0.25, 0.3) is 0 Å². The minimum atomic E-state index is -1.71. The molecule has 6 N–H and O–H groups in total. The second kappa shape index (κ2) is 44.6. The van der Waals surface area contributed by atoms with E-state index in [2.05, 4.69) is 26.6 Å². The average Bonchev–Trinajstić information content (AvgIpc) is 0.799. The summed E-state index contributed by atoms with van der Waals surface area (Å²) in [5, 5.41) is 26.6. The molecule has 1 fully saturated rings. The highest BCUT2D eigenvalue weighted by Gasteiger charge is 2.47. The minimum Gasteiger partial charge on any atom is -0.469 e. The molecule has 0 saturated carbocycles. The molecule has 1 heterocycles. The van der Waals surface area contributed by atoms with Crippen molar-refractivity contribution in [3.8, 4) is 0 Å². The van der Waals surface area contributed by atoms with Crippen LogP contribution in [0, 0.1) is 41.4 Å². The molecule has 106 heavy (non-hydrogen) atoms. The Balaban J connectivity index is 4.59. The maximum atomic E-state index is 15.6. The molecule has 1 aliphatic heterocycles. The number of rotatable bonds is 26. The first-order valence-electron chi connectivity index (χ1n) is 38.3. The normalized spacial score (nSPS) is 24.7. The fourth-order valence-corrected chi connectivity index (χ4v) is 14.2. The maximum Gasteiger partial charge on any atom is 0.407 e. The molecule has 0 aliphatic carbocycles. The molecular formula is C77H140N12O16S. The fraction of sp³-hybridized carbons (Fsp3) is 0.831. The van der Waals surface area contributed by atoms with E-state index in [4.69, 9.17) is 9.47 Å². The number of esters is 1. The third-order valence-corrected chi connectivity index (χ3v) is 21.2. The lowest BCUT2D eigenvalue weighted by atomic mass is 9.90. The number of carbonyl (C=O) groups excluding carboxylic acids is 13. The predicted octanol–water partition coefficient (Wildman–Crippen LogP) is 6.61. The van der Waals surface area contributed by atoms with Crippen LogP contribution in [0.25, 0.3) is 0 Å². The third kappa shape index (κ3) is 30.3. The number of nitrogens with zero attached hydrogens (tertiary/aromatic N) is 7. The molecule has 1 rings (SSSR count). The molecule has 610 valence electrons. The molecule has 13 atom stereocenters. The number of hydrogen-bond donors (Lipinski definition) is 6. The van der Waals surface area contributed by atoms with Gasteiger partial charge in [0.15, 0.2) is 0 Å². The Morgan fingerprint density at radius 3 is 1.39 bits per heavy atom. The Morgan fingerprint density at radius 2 is 0.915 bits per heavy atom. The molecule has 0 radical (unpaired) electrons. The van der Waals surface area contributed by atoms with Crippen molar-refractivity contribution in [2.75, 3.05) is 68.7 Å². The van der Waals surface area contributed by atoms with Gasteiger partial charge in [0.2, 0.25) is 65.0 Å². The summed E-state index contributed by atoms with van der Waals surface area (Å²) in [5.74, 6) is -11.1.